The van der Waals surface area contributed by atoms with Crippen LogP contribution in [-0.2, 0) is 0 Å². The van der Waals surface area contributed by atoms with Gasteiger partial charge >= 0.3 is 6.98 Å². The van der Waals surface area contributed by atoms with Crippen molar-refractivity contribution in [1.29, 1.82) is 0 Å². The highest BCUT2D eigenvalue weighted by molar-refractivity contribution is 6.80. The summed E-state index contributed by atoms with van der Waals surface area (Å²) in [5.41, 5.74) is 0. The molecule has 0 aliphatic heterocycles. The van der Waals surface area contributed by atoms with Crippen LogP contribution in [0.1, 0.15) is 0 Å². The lowest BCUT2D eigenvalue weighted by molar-refractivity contribution is 0.478. The smallest absolute Gasteiger partial charge is 0.447 e. The molecule has 0 unspecified atom stereocenters. The third-order valence-electron chi connectivity index (χ3n) is 0.286. The van der Waals surface area contributed by atoms with Crippen molar-refractivity contribution < 1.29 is 12.9 Å². The second-order valence-electron chi connectivity index (χ2n) is 0.960. The van der Waals surface area contributed by atoms with Crippen LogP contribution in [0.15, 0.2) is 0 Å². The molecular formula is CHBCl2F3-. The fourth-order valence-corrected chi connectivity index (χ4v) is 0. The number of hydrogen-bond acceptors (Lipinski definition) is 0. The van der Waals surface area contributed by atoms with E-state index in [4.69, 9.17) is 0 Å². The second kappa shape index (κ2) is 2.14. The predicted octanol–water partition coefficient (Wildman–Crippen LogP) is 2.18. The van der Waals surface area contributed by atoms with Gasteiger partial charge in [-0.15, -0.1) is 23.2 Å². The van der Waals surface area contributed by atoms with Crippen LogP contribution in [0.3, 0.4) is 0 Å². The van der Waals surface area contributed by atoms with E-state index in [1.165, 1.54) is 0 Å². The van der Waals surface area contributed by atoms with E-state index in [-0.39, 0.29) is 0 Å². The van der Waals surface area contributed by atoms with E-state index < -0.39 is 11.7 Å². The Morgan fingerprint density at radius 2 is 1.29 bits per heavy atom. The topological polar surface area (TPSA) is 0 Å². The van der Waals surface area contributed by atoms with Crippen molar-refractivity contribution in [2.75, 3.05) is 0 Å². The van der Waals surface area contributed by atoms with Crippen molar-refractivity contribution >= 4 is 30.2 Å². The molecule has 44 valence electrons. The molecule has 7 heavy (non-hydrogen) atoms. The van der Waals surface area contributed by atoms with Crippen LogP contribution < -0.4 is 0 Å². The van der Waals surface area contributed by atoms with E-state index >= 15 is 0 Å². The lowest BCUT2D eigenvalue weighted by Gasteiger charge is -2.12. The van der Waals surface area contributed by atoms with Crippen molar-refractivity contribution in [1.82, 2.24) is 0 Å². The van der Waals surface area contributed by atoms with E-state index in [1.807, 2.05) is 0 Å². The fraction of sp³-hybridized carbons (Fsp3) is 1.00. The number of halogens is 5. The summed E-state index contributed by atoms with van der Waals surface area (Å²) in [6, 6.07) is 0. The summed E-state index contributed by atoms with van der Waals surface area (Å²) in [5, 5.41) is 0. The van der Waals surface area contributed by atoms with Crippen LogP contribution in [0.2, 0.25) is 0 Å². The Labute approximate surface area is 48.6 Å². The summed E-state index contributed by atoms with van der Waals surface area (Å²) in [6.07, 6.45) is 0. The van der Waals surface area contributed by atoms with Crippen LogP contribution in [0.5, 0.6) is 0 Å². The van der Waals surface area contributed by atoms with Gasteiger partial charge in [-0.25, -0.2) is 0 Å². The van der Waals surface area contributed by atoms with Gasteiger partial charge in [0.05, 0.1) is 4.74 Å². The molecule has 0 aliphatic rings. The zero-order chi connectivity index (χ0) is 6.08. The van der Waals surface area contributed by atoms with Crippen molar-refractivity contribution in [3.05, 3.63) is 0 Å². The van der Waals surface area contributed by atoms with Crippen LogP contribution in [0.4, 0.5) is 12.9 Å². The molecule has 0 atom stereocenters. The summed E-state index contributed by atoms with van der Waals surface area (Å²) in [7, 11) is 0. The molecule has 0 rings (SSSR count). The first-order valence-corrected chi connectivity index (χ1v) is 2.30. The third-order valence-corrected chi connectivity index (χ3v) is 0.857. The third kappa shape index (κ3) is 3.06. The van der Waals surface area contributed by atoms with Crippen molar-refractivity contribution in [2.45, 2.75) is 4.74 Å². The summed E-state index contributed by atoms with van der Waals surface area (Å²) < 4.78 is 30.7. The van der Waals surface area contributed by atoms with Gasteiger partial charge in [0.25, 0.3) is 0 Å². The molecule has 0 bridgehead atoms. The van der Waals surface area contributed by atoms with E-state index in [0.717, 1.165) is 0 Å². The lowest BCUT2D eigenvalue weighted by Crippen LogP contribution is -2.24. The molecular weight excluding hydrogens is 151 g/mol. The molecule has 0 aromatic heterocycles. The van der Waals surface area contributed by atoms with Gasteiger partial charge in [0.15, 0.2) is 0 Å². The predicted molar refractivity (Wildman–Crippen MR) is 24.6 cm³/mol. The van der Waals surface area contributed by atoms with E-state index in [1.54, 1.807) is 0 Å². The molecule has 0 amide bonds. The van der Waals surface area contributed by atoms with Gasteiger partial charge in [-0.1, -0.05) is 0 Å². The maximum absolute atomic E-state index is 11.0. The van der Waals surface area contributed by atoms with Gasteiger partial charge < -0.3 is 12.9 Å². The van der Waals surface area contributed by atoms with Gasteiger partial charge in [-0.2, -0.15) is 0 Å². The zero-order valence-electron chi connectivity index (χ0n) is 3.04. The van der Waals surface area contributed by atoms with Crippen molar-refractivity contribution in [2.24, 2.45) is 0 Å². The zero-order valence-corrected chi connectivity index (χ0v) is 4.56. The Bertz CT molecular complexity index is 58.4. The first-order valence-electron chi connectivity index (χ1n) is 1.42. The SMILES string of the molecule is F[B-](F)(F)C(Cl)Cl. The minimum absolute atomic E-state index is 2.19. The van der Waals surface area contributed by atoms with Crippen molar-refractivity contribution in [3.8, 4) is 0 Å². The van der Waals surface area contributed by atoms with E-state index in [9.17, 15) is 12.9 Å². The maximum atomic E-state index is 11.0. The molecule has 0 fully saturated rings. The highest BCUT2D eigenvalue weighted by atomic mass is 35.5. The first-order chi connectivity index (χ1) is 2.94. The lowest BCUT2D eigenvalue weighted by atomic mass is 9.97. The molecule has 6 heteroatoms. The molecule has 0 nitrogen and oxygen atoms in total. The average Bonchev–Trinajstić information content (AvgIpc) is 1.31. The monoisotopic (exact) mass is 151 g/mol. The molecule has 0 radical (unpaired) electrons. The standard InChI is InChI=1S/CHBCl2F3/c3-1(4)2(5,6)7/h1H/q-1. The highest BCUT2D eigenvalue weighted by Gasteiger charge is 2.31. The Morgan fingerprint density at radius 3 is 1.29 bits per heavy atom. The molecule has 0 heterocycles. The van der Waals surface area contributed by atoms with Crippen LogP contribution >= 0.6 is 23.2 Å². The quantitative estimate of drug-likeness (QED) is 0.398. The minimum atomic E-state index is -5.02. The van der Waals surface area contributed by atoms with Gasteiger partial charge in [-0.05, 0) is 0 Å². The molecule has 0 saturated heterocycles. The number of alkyl halides is 2. The normalized spacial score (nSPS) is 12.9. The summed E-state index contributed by atoms with van der Waals surface area (Å²) in [5.74, 6) is 0. The highest BCUT2D eigenvalue weighted by Crippen LogP contribution is 2.21. The molecule has 0 aliphatic carbocycles. The van der Waals surface area contributed by atoms with Gasteiger partial charge in [0.1, 0.15) is 0 Å². The average molecular weight is 152 g/mol. The second-order valence-corrected chi connectivity index (χ2v) is 2.12. The Balaban J connectivity index is 3.54. The number of rotatable bonds is 1. The van der Waals surface area contributed by atoms with Crippen LogP contribution in [0, 0.1) is 0 Å². The Morgan fingerprint density at radius 1 is 1.14 bits per heavy atom. The molecule has 0 spiro atoms. The molecule has 0 aromatic rings. The molecule has 0 saturated carbocycles. The first kappa shape index (κ1) is 7.43. The van der Waals surface area contributed by atoms with Crippen molar-refractivity contribution in [3.63, 3.8) is 0 Å². The Hall–Kier alpha value is 0.435. The van der Waals surface area contributed by atoms with Gasteiger partial charge in [-0.3, -0.25) is 0 Å². The number of hydrogen-bond donors (Lipinski definition) is 0. The fourth-order valence-electron chi connectivity index (χ4n) is 0. The largest absolute Gasteiger partial charge is 0.510 e. The maximum Gasteiger partial charge on any atom is 0.510 e. The Kier molecular flexibility index (Phi) is 2.27. The van der Waals surface area contributed by atoms with Gasteiger partial charge in [0, 0.05) is 0 Å². The van der Waals surface area contributed by atoms with Gasteiger partial charge in [0.2, 0.25) is 0 Å². The van der Waals surface area contributed by atoms with E-state index in [2.05, 4.69) is 23.2 Å². The molecule has 0 aromatic carbocycles. The van der Waals surface area contributed by atoms with E-state index in [0.29, 0.717) is 0 Å². The summed E-state index contributed by atoms with van der Waals surface area (Å²) >= 11 is 8.84. The minimum Gasteiger partial charge on any atom is -0.447 e. The summed E-state index contributed by atoms with van der Waals surface area (Å²) in [4.78, 5) is 0. The van der Waals surface area contributed by atoms with Crippen LogP contribution in [0.25, 0.3) is 0 Å². The van der Waals surface area contributed by atoms with Crippen LogP contribution in [-0.4, -0.2) is 11.7 Å². The summed E-state index contributed by atoms with van der Waals surface area (Å²) in [6.45, 7) is -5.02. The molecule has 0 N–H and O–H groups in total.